The first-order valence-electron chi connectivity index (χ1n) is 9.77. The Bertz CT molecular complexity index is 454. The van der Waals surface area contributed by atoms with Crippen LogP contribution < -0.4 is 0 Å². The molecule has 1 aliphatic rings. The Labute approximate surface area is 166 Å². The predicted octanol–water partition coefficient (Wildman–Crippen LogP) is 8.22. The summed E-state index contributed by atoms with van der Waals surface area (Å²) in [5, 5.41) is 0. The van der Waals surface area contributed by atoms with E-state index in [9.17, 15) is 0 Å². The van der Waals surface area contributed by atoms with Gasteiger partial charge in [0.05, 0.1) is 0 Å². The van der Waals surface area contributed by atoms with Crippen LogP contribution in [0.15, 0.2) is 20.0 Å². The van der Waals surface area contributed by atoms with E-state index >= 15 is 0 Å². The minimum absolute atomic E-state index is 0.524. The molecule has 0 saturated heterocycles. The molecule has 138 valence electrons. The van der Waals surface area contributed by atoms with E-state index in [0.717, 1.165) is 0 Å². The number of allylic oxidation sites excluding steroid dienone is 4. The SMILES string of the molecule is CC1=C(C)C(C)=[C]([In]([CH3])[CH3])C1.C[C](C)(C)[Al]([C](C)(C)C)[C](C)(C)C. The third-order valence-corrected chi connectivity index (χ3v) is 16.4. The van der Waals surface area contributed by atoms with Crippen LogP contribution in [0.25, 0.3) is 0 Å². The van der Waals surface area contributed by atoms with Gasteiger partial charge in [-0.3, -0.25) is 0 Å². The van der Waals surface area contributed by atoms with E-state index < -0.39 is 35.6 Å². The van der Waals surface area contributed by atoms with Crippen LogP contribution in [0.1, 0.15) is 89.5 Å². The van der Waals surface area contributed by atoms with E-state index in [1.54, 1.807) is 16.7 Å². The molecule has 2 heteroatoms. The Morgan fingerprint density at radius 2 is 1.00 bits per heavy atom. The molecule has 0 aromatic carbocycles. The first-order valence-corrected chi connectivity index (χ1v) is 19.7. The van der Waals surface area contributed by atoms with Crippen LogP contribution >= 0.6 is 0 Å². The van der Waals surface area contributed by atoms with Crippen molar-refractivity contribution >= 4 is 35.6 Å². The summed E-state index contributed by atoms with van der Waals surface area (Å²) in [5.74, 6) is 0. The van der Waals surface area contributed by atoms with Crippen LogP contribution in [0, 0.1) is 0 Å². The maximum absolute atomic E-state index is 2.49. The molecule has 24 heavy (non-hydrogen) atoms. The molecule has 0 atom stereocenters. The quantitative estimate of drug-likeness (QED) is 0.353. The van der Waals surface area contributed by atoms with Crippen molar-refractivity contribution in [3.63, 3.8) is 0 Å². The number of rotatable bonds is 1. The Morgan fingerprint density at radius 1 is 0.667 bits per heavy atom. The first-order chi connectivity index (χ1) is 10.4. The van der Waals surface area contributed by atoms with Gasteiger partial charge in [-0.25, -0.2) is 0 Å². The van der Waals surface area contributed by atoms with Gasteiger partial charge in [-0.1, -0.05) is 75.1 Å². The van der Waals surface area contributed by atoms with Gasteiger partial charge in [0, 0.05) is 0 Å². The van der Waals surface area contributed by atoms with Crippen molar-refractivity contribution in [2.75, 3.05) is 0 Å². The zero-order chi connectivity index (χ0) is 19.7. The van der Waals surface area contributed by atoms with Crippen LogP contribution in [0.4, 0.5) is 0 Å². The van der Waals surface area contributed by atoms with Gasteiger partial charge < -0.3 is 0 Å². The van der Waals surface area contributed by atoms with Gasteiger partial charge in [-0.2, -0.15) is 0 Å². The standard InChI is InChI=1S/C8H11.3C4H9.2CH3.Al.In/c1-6-4-5-7(2)8(6)3;3*1-4(2)3;;;;/h4H2,1-3H3;3*1-3H3;2*1H3;;. The second kappa shape index (κ2) is 8.71. The molecule has 0 bridgehead atoms. The van der Waals surface area contributed by atoms with Crippen LogP contribution in [-0.4, -0.2) is 35.6 Å². The second-order valence-corrected chi connectivity index (χ2v) is 26.1. The molecular formula is C22H44AlIn. The summed E-state index contributed by atoms with van der Waals surface area (Å²) in [6.07, 6.45) is 1.31. The third kappa shape index (κ3) is 7.25. The van der Waals surface area contributed by atoms with Crippen LogP contribution in [0.2, 0.25) is 22.2 Å². The normalized spacial score (nSPS) is 16.2. The monoisotopic (exact) mass is 450 g/mol. The van der Waals surface area contributed by atoms with Crippen molar-refractivity contribution in [2.24, 2.45) is 0 Å². The van der Waals surface area contributed by atoms with Crippen molar-refractivity contribution in [1.29, 1.82) is 0 Å². The van der Waals surface area contributed by atoms with Gasteiger partial charge in [-0.05, 0) is 0 Å². The smallest absolute Gasteiger partial charge is 0.0779 e. The molecule has 0 unspecified atom stereocenters. The van der Waals surface area contributed by atoms with E-state index in [0.29, 0.717) is 12.8 Å². The van der Waals surface area contributed by atoms with E-state index in [-0.39, 0.29) is 0 Å². The van der Waals surface area contributed by atoms with Gasteiger partial charge in [0.25, 0.3) is 14.1 Å². The molecule has 0 aromatic rings. The number of hydrogen-bond acceptors (Lipinski definition) is 0. The van der Waals surface area contributed by atoms with Crippen molar-refractivity contribution < 1.29 is 0 Å². The Balaban J connectivity index is 0.000000446. The van der Waals surface area contributed by atoms with Gasteiger partial charge in [0.15, 0.2) is 0 Å². The molecule has 0 aromatic heterocycles. The van der Waals surface area contributed by atoms with E-state index in [1.807, 2.05) is 3.33 Å². The van der Waals surface area contributed by atoms with Crippen LogP contribution in [0.3, 0.4) is 0 Å². The van der Waals surface area contributed by atoms with Gasteiger partial charge in [0.1, 0.15) is 0 Å². The van der Waals surface area contributed by atoms with Gasteiger partial charge >= 0.3 is 78.0 Å². The van der Waals surface area contributed by atoms with Crippen molar-refractivity contribution in [1.82, 2.24) is 0 Å². The molecule has 0 N–H and O–H groups in total. The first kappa shape index (κ1) is 24.9. The summed E-state index contributed by atoms with van der Waals surface area (Å²) < 4.78 is 8.41. The molecule has 0 radical (unpaired) electrons. The van der Waals surface area contributed by atoms with Crippen molar-refractivity contribution in [2.45, 2.75) is 112 Å². The topological polar surface area (TPSA) is 0 Å². The molecule has 1 aliphatic carbocycles. The summed E-state index contributed by atoms with van der Waals surface area (Å²) in [6, 6.07) is 0. The molecule has 0 nitrogen and oxygen atoms in total. The van der Waals surface area contributed by atoms with Crippen molar-refractivity contribution in [3.05, 3.63) is 20.0 Å². The predicted molar refractivity (Wildman–Crippen MR) is 118 cm³/mol. The van der Waals surface area contributed by atoms with Crippen LogP contribution in [0.5, 0.6) is 0 Å². The fourth-order valence-electron chi connectivity index (χ4n) is 5.65. The van der Waals surface area contributed by atoms with Gasteiger partial charge in [-0.15, -0.1) is 0 Å². The molecule has 0 fully saturated rings. The largest absolute Gasteiger partial charge is 0.279 e. The summed E-state index contributed by atoms with van der Waals surface area (Å²) in [6.45, 7) is 28.6. The van der Waals surface area contributed by atoms with E-state index in [2.05, 4.69) is 92.4 Å². The summed E-state index contributed by atoms with van der Waals surface area (Å²) in [7, 11) is 0. The third-order valence-electron chi connectivity index (χ3n) is 5.43. The maximum Gasteiger partial charge on any atom is 0.279 e. The Kier molecular flexibility index (Phi) is 9.03. The molecule has 0 saturated carbocycles. The summed E-state index contributed by atoms with van der Waals surface area (Å²) in [5.41, 5.74) is 4.82. The minimum atomic E-state index is -1.16. The Hall–Kier alpha value is 0.883. The molecule has 0 aliphatic heterocycles. The molecule has 0 heterocycles. The van der Waals surface area contributed by atoms with E-state index in [1.165, 1.54) is 6.42 Å². The summed E-state index contributed by atoms with van der Waals surface area (Å²) >= 11 is -1.96. The average Bonchev–Trinajstić information content (AvgIpc) is 2.51. The second-order valence-electron chi connectivity index (χ2n) is 11.4. The molecule has 1 rings (SSSR count). The minimum Gasteiger partial charge on any atom is -0.0779 e. The van der Waals surface area contributed by atoms with Crippen molar-refractivity contribution in [3.8, 4) is 0 Å². The fraction of sp³-hybridized carbons (Fsp3) is 0.818. The number of hydrogen-bond donors (Lipinski definition) is 0. The molecule has 0 amide bonds. The van der Waals surface area contributed by atoms with Gasteiger partial charge in [0.2, 0.25) is 0 Å². The summed E-state index contributed by atoms with van der Waals surface area (Å²) in [4.78, 5) is 0. The van der Waals surface area contributed by atoms with E-state index in [4.69, 9.17) is 0 Å². The Morgan fingerprint density at radius 3 is 1.08 bits per heavy atom. The zero-order valence-electron chi connectivity index (χ0n) is 19.4. The zero-order valence-corrected chi connectivity index (χ0v) is 23.8. The van der Waals surface area contributed by atoms with Crippen LogP contribution in [-0.2, 0) is 0 Å². The average molecular weight is 450 g/mol. The maximum atomic E-state index is 2.49. The fourth-order valence-corrected chi connectivity index (χ4v) is 18.6. The molecule has 0 spiro atoms. The molecular weight excluding hydrogens is 406 g/mol.